The Morgan fingerprint density at radius 2 is 1.61 bits per heavy atom. The molecule has 8 heteroatoms. The number of nitrogens with one attached hydrogen (secondary N) is 1. The molecule has 0 atom stereocenters. The predicted octanol–water partition coefficient (Wildman–Crippen LogP) is 9.76. The van der Waals surface area contributed by atoms with E-state index in [0.717, 1.165) is 46.6 Å². The second kappa shape index (κ2) is 13.8. The molecule has 1 N–H and O–H groups in total. The molecule has 1 heterocycles. The number of allylic oxidation sites excluding steroid dienone is 1. The average molecular weight is 651 g/mol. The summed E-state index contributed by atoms with van der Waals surface area (Å²) in [6, 6.07) is 31.0. The van der Waals surface area contributed by atoms with Crippen molar-refractivity contribution in [1.82, 2.24) is 4.98 Å². The summed E-state index contributed by atoms with van der Waals surface area (Å²) in [4.78, 5) is 33.8. The Labute approximate surface area is 278 Å². The Morgan fingerprint density at radius 1 is 0.891 bits per heavy atom. The molecule has 0 saturated carbocycles. The fraction of sp³-hybridized carbons (Fsp3) is 0.184. The van der Waals surface area contributed by atoms with E-state index in [4.69, 9.17) is 32.9 Å². The molecule has 0 saturated heterocycles. The van der Waals surface area contributed by atoms with Crippen LogP contribution in [0.4, 0.5) is 17.1 Å². The van der Waals surface area contributed by atoms with Gasteiger partial charge in [-0.15, -0.1) is 0 Å². The van der Waals surface area contributed by atoms with Crippen molar-refractivity contribution in [3.63, 3.8) is 0 Å². The summed E-state index contributed by atoms with van der Waals surface area (Å²) >= 11 is 12.4. The van der Waals surface area contributed by atoms with E-state index in [2.05, 4.69) is 36.2 Å². The van der Waals surface area contributed by atoms with Gasteiger partial charge in [0, 0.05) is 28.5 Å². The summed E-state index contributed by atoms with van der Waals surface area (Å²) in [6.45, 7) is 3.85. The number of carbonyl (C=O) groups excluding carboxylic acids is 2. The van der Waals surface area contributed by atoms with E-state index in [-0.39, 0.29) is 6.04 Å². The minimum Gasteiger partial charge on any atom is -0.452 e. The third-order valence-corrected chi connectivity index (χ3v) is 8.71. The van der Waals surface area contributed by atoms with Crippen molar-refractivity contribution in [3.05, 3.63) is 129 Å². The van der Waals surface area contributed by atoms with Gasteiger partial charge in [0.15, 0.2) is 6.61 Å². The van der Waals surface area contributed by atoms with Crippen LogP contribution in [0.25, 0.3) is 22.6 Å². The van der Waals surface area contributed by atoms with Crippen LogP contribution < -0.4 is 10.2 Å². The van der Waals surface area contributed by atoms with E-state index in [0.29, 0.717) is 38.6 Å². The molecular weight excluding hydrogens is 617 g/mol. The third-order valence-electron chi connectivity index (χ3n) is 7.97. The van der Waals surface area contributed by atoms with Crippen molar-refractivity contribution < 1.29 is 14.3 Å². The van der Waals surface area contributed by atoms with Crippen molar-refractivity contribution in [2.45, 2.75) is 39.2 Å². The second-order valence-electron chi connectivity index (χ2n) is 11.5. The molecule has 1 amide bonds. The van der Waals surface area contributed by atoms with Gasteiger partial charge in [-0.3, -0.25) is 4.79 Å². The van der Waals surface area contributed by atoms with Crippen LogP contribution >= 0.6 is 23.2 Å². The van der Waals surface area contributed by atoms with Gasteiger partial charge in [0.1, 0.15) is 0 Å². The standard InChI is InChI=1S/C38H33Cl2N3O3/c1-24(2)43(28-10-4-3-5-11-28)29-18-16-27(17-19-29)41-35(44)23-46-38(45)36-30-12-6-7-14-34(30)42-37-26(9-8-13-31(36)37)21-25-15-20-32(39)33(40)22-25/h3-7,10-12,14-22,24H,8-9,13,23H2,1-2H3,(H,41,44)/b26-21-. The number of esters is 1. The lowest BCUT2D eigenvalue weighted by atomic mass is 9.86. The van der Waals surface area contributed by atoms with Crippen LogP contribution in [0.3, 0.4) is 0 Å². The number of benzene rings is 4. The van der Waals surface area contributed by atoms with Gasteiger partial charge in [0.05, 0.1) is 26.8 Å². The molecule has 232 valence electrons. The Morgan fingerprint density at radius 3 is 2.35 bits per heavy atom. The zero-order valence-electron chi connectivity index (χ0n) is 25.6. The Balaban J connectivity index is 1.20. The number of anilines is 3. The van der Waals surface area contributed by atoms with Gasteiger partial charge < -0.3 is 15.0 Å². The quantitative estimate of drug-likeness (QED) is 0.169. The van der Waals surface area contributed by atoms with E-state index in [1.165, 1.54) is 0 Å². The lowest BCUT2D eigenvalue weighted by Crippen LogP contribution is -2.25. The van der Waals surface area contributed by atoms with Gasteiger partial charge in [0.25, 0.3) is 5.91 Å². The van der Waals surface area contributed by atoms with Crippen LogP contribution in [0, 0.1) is 0 Å². The molecule has 1 aliphatic carbocycles. The number of halogens is 2. The smallest absolute Gasteiger partial charge is 0.339 e. The molecule has 0 unspecified atom stereocenters. The molecule has 0 spiro atoms. The van der Waals surface area contributed by atoms with Crippen LogP contribution in [0.5, 0.6) is 0 Å². The van der Waals surface area contributed by atoms with Gasteiger partial charge in [-0.05, 0) is 110 Å². The third kappa shape index (κ3) is 6.79. The summed E-state index contributed by atoms with van der Waals surface area (Å²) in [6.07, 6.45) is 4.35. The molecule has 6 rings (SSSR count). The molecule has 46 heavy (non-hydrogen) atoms. The molecule has 0 bridgehead atoms. The highest BCUT2D eigenvalue weighted by atomic mass is 35.5. The summed E-state index contributed by atoms with van der Waals surface area (Å²) in [5.41, 5.74) is 7.34. The number of para-hydroxylation sites is 2. The minimum absolute atomic E-state index is 0.236. The average Bonchev–Trinajstić information content (AvgIpc) is 3.06. The zero-order valence-corrected chi connectivity index (χ0v) is 27.1. The number of amides is 1. The first-order chi connectivity index (χ1) is 22.3. The Kier molecular flexibility index (Phi) is 9.38. The van der Waals surface area contributed by atoms with Crippen LogP contribution in [-0.2, 0) is 16.0 Å². The first kappa shape index (κ1) is 31.3. The predicted molar refractivity (Wildman–Crippen MR) is 188 cm³/mol. The highest BCUT2D eigenvalue weighted by molar-refractivity contribution is 6.42. The van der Waals surface area contributed by atoms with Crippen molar-refractivity contribution in [2.75, 3.05) is 16.8 Å². The minimum atomic E-state index is -0.549. The maximum absolute atomic E-state index is 13.7. The Hall–Kier alpha value is -4.65. The highest BCUT2D eigenvalue weighted by Gasteiger charge is 2.26. The van der Waals surface area contributed by atoms with Crippen molar-refractivity contribution in [3.8, 4) is 0 Å². The number of pyridine rings is 1. The fourth-order valence-electron chi connectivity index (χ4n) is 5.95. The first-order valence-electron chi connectivity index (χ1n) is 15.3. The van der Waals surface area contributed by atoms with E-state index in [1.807, 2.05) is 84.9 Å². The normalized spacial score (nSPS) is 13.5. The van der Waals surface area contributed by atoms with E-state index >= 15 is 0 Å². The SMILES string of the molecule is CC(C)N(c1ccccc1)c1ccc(NC(=O)COC(=O)c2c3c(nc4ccccc24)/C(=C\c2ccc(Cl)c(Cl)c2)CCC3)cc1. The van der Waals surface area contributed by atoms with Crippen molar-refractivity contribution in [1.29, 1.82) is 0 Å². The molecule has 6 nitrogen and oxygen atoms in total. The molecule has 5 aromatic rings. The van der Waals surface area contributed by atoms with Crippen molar-refractivity contribution >= 4 is 74.7 Å². The summed E-state index contributed by atoms with van der Waals surface area (Å²) in [5, 5.41) is 4.51. The maximum atomic E-state index is 13.7. The number of hydrogen-bond acceptors (Lipinski definition) is 5. The number of fused-ring (bicyclic) bond motifs is 2. The molecule has 1 aliphatic rings. The number of nitrogens with zero attached hydrogens (tertiary/aromatic N) is 2. The lowest BCUT2D eigenvalue weighted by molar-refractivity contribution is -0.119. The summed E-state index contributed by atoms with van der Waals surface area (Å²) in [7, 11) is 0. The van der Waals surface area contributed by atoms with Crippen LogP contribution in [0.15, 0.2) is 97.1 Å². The molecule has 4 aromatic carbocycles. The number of aromatic nitrogens is 1. The van der Waals surface area contributed by atoms with Crippen LogP contribution in [0.1, 0.15) is 53.9 Å². The summed E-state index contributed by atoms with van der Waals surface area (Å²) < 4.78 is 5.63. The van der Waals surface area contributed by atoms with Gasteiger partial charge in [0.2, 0.25) is 0 Å². The molecule has 0 radical (unpaired) electrons. The zero-order chi connectivity index (χ0) is 32.2. The van der Waals surface area contributed by atoms with E-state index in [9.17, 15) is 9.59 Å². The van der Waals surface area contributed by atoms with Crippen LogP contribution in [0.2, 0.25) is 10.0 Å². The number of carbonyl (C=O) groups is 2. The van der Waals surface area contributed by atoms with Gasteiger partial charge in [-0.25, -0.2) is 9.78 Å². The number of hydrogen-bond donors (Lipinski definition) is 1. The molecule has 0 aliphatic heterocycles. The monoisotopic (exact) mass is 649 g/mol. The highest BCUT2D eigenvalue weighted by Crippen LogP contribution is 2.37. The van der Waals surface area contributed by atoms with Crippen LogP contribution in [-0.4, -0.2) is 29.5 Å². The maximum Gasteiger partial charge on any atom is 0.339 e. The second-order valence-corrected chi connectivity index (χ2v) is 12.3. The van der Waals surface area contributed by atoms with Gasteiger partial charge >= 0.3 is 5.97 Å². The lowest BCUT2D eigenvalue weighted by Gasteiger charge is -2.29. The topological polar surface area (TPSA) is 71.5 Å². The number of ether oxygens (including phenoxy) is 1. The number of rotatable bonds is 8. The van der Waals surface area contributed by atoms with Gasteiger partial charge in [-0.1, -0.05) is 65.7 Å². The molecular formula is C38H33Cl2N3O3. The van der Waals surface area contributed by atoms with Crippen molar-refractivity contribution in [2.24, 2.45) is 0 Å². The van der Waals surface area contributed by atoms with Gasteiger partial charge in [-0.2, -0.15) is 0 Å². The fourth-order valence-corrected chi connectivity index (χ4v) is 6.26. The molecule has 0 fully saturated rings. The Bertz CT molecular complexity index is 1940. The molecule has 1 aromatic heterocycles. The summed E-state index contributed by atoms with van der Waals surface area (Å²) in [5.74, 6) is -0.969. The van der Waals surface area contributed by atoms with E-state index in [1.54, 1.807) is 6.07 Å². The first-order valence-corrected chi connectivity index (χ1v) is 16.0. The van der Waals surface area contributed by atoms with E-state index < -0.39 is 18.5 Å². The largest absolute Gasteiger partial charge is 0.452 e.